The van der Waals surface area contributed by atoms with Gasteiger partial charge in [0.1, 0.15) is 5.52 Å². The molecule has 21 heavy (non-hydrogen) atoms. The summed E-state index contributed by atoms with van der Waals surface area (Å²) in [6.07, 6.45) is 0. The molecule has 0 fully saturated rings. The molecule has 0 aliphatic rings. The van der Waals surface area contributed by atoms with Gasteiger partial charge in [-0.15, -0.1) is 5.10 Å². The van der Waals surface area contributed by atoms with Gasteiger partial charge in [0.25, 0.3) is 5.56 Å². The van der Waals surface area contributed by atoms with Gasteiger partial charge in [0.15, 0.2) is 0 Å². The van der Waals surface area contributed by atoms with E-state index in [1.54, 1.807) is 12.1 Å². The summed E-state index contributed by atoms with van der Waals surface area (Å²) in [5, 5.41) is 12.0. The molecule has 1 aromatic heterocycles. The maximum absolute atomic E-state index is 12.2. The Labute approximate surface area is 124 Å². The van der Waals surface area contributed by atoms with Crippen LogP contribution in [0.3, 0.4) is 0 Å². The molecule has 0 atom stereocenters. The molecule has 6 heteroatoms. The minimum absolute atomic E-state index is 0.0776. The van der Waals surface area contributed by atoms with Crippen LogP contribution >= 0.6 is 0 Å². The monoisotopic (exact) mass is 289 g/mol. The standard InChI is InChI=1S/C15H23N5O/c1-3-19(4-2)11-9-16-10-12-20-15(21)13-7-5-6-8-14(13)17-18-20/h5-8,16H,3-4,9-12H2,1-2H3. The van der Waals surface area contributed by atoms with Crippen molar-refractivity contribution >= 4 is 10.9 Å². The normalized spacial score (nSPS) is 11.4. The van der Waals surface area contributed by atoms with E-state index in [0.29, 0.717) is 24.0 Å². The first-order valence-corrected chi connectivity index (χ1v) is 7.51. The number of likely N-dealkylation sites (N-methyl/N-ethyl adjacent to an activating group) is 1. The van der Waals surface area contributed by atoms with Crippen molar-refractivity contribution in [3.8, 4) is 0 Å². The number of hydrogen-bond donors (Lipinski definition) is 1. The Kier molecular flexibility index (Phi) is 5.83. The van der Waals surface area contributed by atoms with Crippen molar-refractivity contribution in [2.45, 2.75) is 20.4 Å². The van der Waals surface area contributed by atoms with E-state index in [9.17, 15) is 4.79 Å². The molecule has 0 amide bonds. The van der Waals surface area contributed by atoms with Crippen LogP contribution in [0, 0.1) is 0 Å². The number of hydrogen-bond acceptors (Lipinski definition) is 5. The van der Waals surface area contributed by atoms with Gasteiger partial charge in [-0.2, -0.15) is 0 Å². The van der Waals surface area contributed by atoms with Gasteiger partial charge in [0, 0.05) is 19.6 Å². The van der Waals surface area contributed by atoms with Crippen LogP contribution < -0.4 is 10.9 Å². The smallest absolute Gasteiger partial charge is 0.277 e. The molecule has 2 aromatic rings. The van der Waals surface area contributed by atoms with Gasteiger partial charge in [-0.1, -0.05) is 31.2 Å². The number of nitrogens with zero attached hydrogens (tertiary/aromatic N) is 4. The van der Waals surface area contributed by atoms with Crippen molar-refractivity contribution in [3.63, 3.8) is 0 Å². The number of nitrogens with one attached hydrogen (secondary N) is 1. The number of benzene rings is 1. The third kappa shape index (κ3) is 4.09. The lowest BCUT2D eigenvalue weighted by Gasteiger charge is -2.17. The van der Waals surface area contributed by atoms with Gasteiger partial charge >= 0.3 is 0 Å². The minimum atomic E-state index is -0.0776. The third-order valence-corrected chi connectivity index (χ3v) is 3.63. The maximum atomic E-state index is 12.2. The fraction of sp³-hybridized carbons (Fsp3) is 0.533. The fourth-order valence-corrected chi connectivity index (χ4v) is 2.26. The SMILES string of the molecule is CCN(CC)CCNCCn1nnc2ccccc2c1=O. The van der Waals surface area contributed by atoms with Crippen LogP contribution in [0.2, 0.25) is 0 Å². The molecule has 1 N–H and O–H groups in total. The van der Waals surface area contributed by atoms with Crippen LogP contribution in [-0.4, -0.2) is 52.6 Å². The second-order valence-corrected chi connectivity index (χ2v) is 4.91. The lowest BCUT2D eigenvalue weighted by molar-refractivity contribution is 0.301. The molecule has 1 aromatic carbocycles. The summed E-state index contributed by atoms with van der Waals surface area (Å²) in [4.78, 5) is 14.6. The van der Waals surface area contributed by atoms with Crippen molar-refractivity contribution in [3.05, 3.63) is 34.6 Å². The van der Waals surface area contributed by atoms with E-state index in [-0.39, 0.29) is 5.56 Å². The lowest BCUT2D eigenvalue weighted by atomic mass is 10.2. The molecule has 0 saturated heterocycles. The zero-order valence-corrected chi connectivity index (χ0v) is 12.7. The highest BCUT2D eigenvalue weighted by atomic mass is 16.1. The Morgan fingerprint density at radius 1 is 1.19 bits per heavy atom. The van der Waals surface area contributed by atoms with E-state index in [1.807, 2.05) is 12.1 Å². The zero-order valence-electron chi connectivity index (χ0n) is 12.7. The fourth-order valence-electron chi connectivity index (χ4n) is 2.26. The maximum Gasteiger partial charge on any atom is 0.277 e. The van der Waals surface area contributed by atoms with Crippen molar-refractivity contribution in [1.29, 1.82) is 0 Å². The van der Waals surface area contributed by atoms with E-state index < -0.39 is 0 Å². The quantitative estimate of drug-likeness (QED) is 0.726. The van der Waals surface area contributed by atoms with E-state index in [2.05, 4.69) is 34.4 Å². The summed E-state index contributed by atoms with van der Waals surface area (Å²) in [7, 11) is 0. The lowest BCUT2D eigenvalue weighted by Crippen LogP contribution is -2.35. The number of fused-ring (bicyclic) bond motifs is 1. The predicted molar refractivity (Wildman–Crippen MR) is 84.5 cm³/mol. The summed E-state index contributed by atoms with van der Waals surface area (Å²) < 4.78 is 1.42. The molecule has 0 aliphatic carbocycles. The summed E-state index contributed by atoms with van der Waals surface area (Å²) in [5.41, 5.74) is 0.569. The van der Waals surface area contributed by atoms with Crippen LogP contribution in [0.4, 0.5) is 0 Å². The highest BCUT2D eigenvalue weighted by molar-refractivity contribution is 5.76. The van der Waals surface area contributed by atoms with E-state index in [0.717, 1.165) is 26.2 Å². The molecule has 1 heterocycles. The molecule has 0 spiro atoms. The first-order chi connectivity index (χ1) is 10.3. The second kappa shape index (κ2) is 7.85. The molecule has 2 rings (SSSR count). The minimum Gasteiger partial charge on any atom is -0.314 e. The first-order valence-electron chi connectivity index (χ1n) is 7.51. The molecule has 0 aliphatic heterocycles. The van der Waals surface area contributed by atoms with Gasteiger partial charge in [-0.3, -0.25) is 4.79 Å². The molecule has 114 valence electrons. The second-order valence-electron chi connectivity index (χ2n) is 4.91. The average Bonchev–Trinajstić information content (AvgIpc) is 2.53. The Balaban J connectivity index is 1.87. The molecule has 0 radical (unpaired) electrons. The Hall–Kier alpha value is -1.79. The van der Waals surface area contributed by atoms with Crippen molar-refractivity contribution in [2.24, 2.45) is 0 Å². The van der Waals surface area contributed by atoms with Crippen LogP contribution in [0.15, 0.2) is 29.1 Å². The largest absolute Gasteiger partial charge is 0.314 e. The highest BCUT2D eigenvalue weighted by Crippen LogP contribution is 2.02. The summed E-state index contributed by atoms with van der Waals surface area (Å²) in [6.45, 7) is 9.63. The van der Waals surface area contributed by atoms with Crippen LogP contribution in [0.1, 0.15) is 13.8 Å². The van der Waals surface area contributed by atoms with Crippen molar-refractivity contribution in [1.82, 2.24) is 25.2 Å². The van der Waals surface area contributed by atoms with Gasteiger partial charge in [0.2, 0.25) is 0 Å². The van der Waals surface area contributed by atoms with Crippen molar-refractivity contribution < 1.29 is 0 Å². The summed E-state index contributed by atoms with van der Waals surface area (Å²) in [6, 6.07) is 7.29. The van der Waals surface area contributed by atoms with Crippen LogP contribution in [0.25, 0.3) is 10.9 Å². The van der Waals surface area contributed by atoms with Gasteiger partial charge in [-0.25, -0.2) is 4.68 Å². The topological polar surface area (TPSA) is 63.1 Å². The Morgan fingerprint density at radius 3 is 2.71 bits per heavy atom. The highest BCUT2D eigenvalue weighted by Gasteiger charge is 2.04. The zero-order chi connectivity index (χ0) is 15.1. The molecule has 0 unspecified atom stereocenters. The molecule has 0 bridgehead atoms. The molecule has 0 saturated carbocycles. The molecular formula is C15H23N5O. The van der Waals surface area contributed by atoms with Gasteiger partial charge < -0.3 is 10.2 Å². The predicted octanol–water partition coefficient (Wildman–Crippen LogP) is 0.723. The summed E-state index contributed by atoms with van der Waals surface area (Å²) >= 11 is 0. The number of aromatic nitrogens is 3. The van der Waals surface area contributed by atoms with E-state index >= 15 is 0 Å². The number of rotatable bonds is 8. The average molecular weight is 289 g/mol. The molecular weight excluding hydrogens is 266 g/mol. The third-order valence-electron chi connectivity index (χ3n) is 3.63. The summed E-state index contributed by atoms with van der Waals surface area (Å²) in [5.74, 6) is 0. The van der Waals surface area contributed by atoms with Gasteiger partial charge in [0.05, 0.1) is 11.9 Å². The van der Waals surface area contributed by atoms with Crippen molar-refractivity contribution in [2.75, 3.05) is 32.7 Å². The van der Waals surface area contributed by atoms with Crippen LogP contribution in [0.5, 0.6) is 0 Å². The van der Waals surface area contributed by atoms with E-state index in [1.165, 1.54) is 4.68 Å². The van der Waals surface area contributed by atoms with E-state index in [4.69, 9.17) is 0 Å². The Bertz CT molecular complexity index is 621. The van der Waals surface area contributed by atoms with Gasteiger partial charge in [-0.05, 0) is 25.2 Å². The molecule has 6 nitrogen and oxygen atoms in total. The first kappa shape index (κ1) is 15.6. The van der Waals surface area contributed by atoms with Crippen LogP contribution in [-0.2, 0) is 6.54 Å². The Morgan fingerprint density at radius 2 is 1.95 bits per heavy atom.